The number of ether oxygens (including phenoxy) is 1. The second-order valence-corrected chi connectivity index (χ2v) is 7.33. The van der Waals surface area contributed by atoms with Gasteiger partial charge < -0.3 is 9.84 Å². The van der Waals surface area contributed by atoms with Gasteiger partial charge in [0.1, 0.15) is 11.5 Å². The third-order valence-corrected chi connectivity index (χ3v) is 4.66. The molecule has 2 aromatic rings. The summed E-state index contributed by atoms with van der Waals surface area (Å²) >= 11 is 0. The number of aromatic hydroxyl groups is 1. The maximum atomic E-state index is 10.4. The fourth-order valence-corrected chi connectivity index (χ4v) is 2.95. The molecule has 5 nitrogen and oxygen atoms in total. The van der Waals surface area contributed by atoms with E-state index in [1.165, 1.54) is 0 Å². The highest BCUT2D eigenvalue weighted by Gasteiger charge is 2.16. The first-order chi connectivity index (χ1) is 12.4. The summed E-state index contributed by atoms with van der Waals surface area (Å²) in [6.07, 6.45) is 6.45. The van der Waals surface area contributed by atoms with Crippen LogP contribution in [0.3, 0.4) is 0 Å². The third-order valence-electron chi connectivity index (χ3n) is 4.66. The molecule has 5 heteroatoms. The SMILES string of the molecule is CCc1cc(-c2ccnn2C)c(O)cc1OCCCCCC(C)(C)C#N. The number of phenols is 1. The summed E-state index contributed by atoms with van der Waals surface area (Å²) in [4.78, 5) is 0. The van der Waals surface area contributed by atoms with E-state index in [4.69, 9.17) is 10.00 Å². The van der Waals surface area contributed by atoms with Gasteiger partial charge in [-0.15, -0.1) is 0 Å². The number of hydrogen-bond acceptors (Lipinski definition) is 4. The monoisotopic (exact) mass is 355 g/mol. The number of aromatic nitrogens is 2. The van der Waals surface area contributed by atoms with E-state index in [0.29, 0.717) is 6.61 Å². The van der Waals surface area contributed by atoms with Gasteiger partial charge in [-0.2, -0.15) is 10.4 Å². The zero-order valence-electron chi connectivity index (χ0n) is 16.2. The molecule has 1 aromatic carbocycles. The molecule has 0 fully saturated rings. The van der Waals surface area contributed by atoms with Crippen LogP contribution in [0.1, 0.15) is 52.0 Å². The molecular weight excluding hydrogens is 326 g/mol. The first-order valence-corrected chi connectivity index (χ1v) is 9.26. The zero-order chi connectivity index (χ0) is 19.2. The van der Waals surface area contributed by atoms with Crippen LogP contribution in [-0.4, -0.2) is 21.5 Å². The van der Waals surface area contributed by atoms with E-state index in [1.54, 1.807) is 16.9 Å². The Morgan fingerprint density at radius 1 is 1.27 bits per heavy atom. The maximum absolute atomic E-state index is 10.4. The van der Waals surface area contributed by atoms with Crippen LogP contribution in [0.4, 0.5) is 0 Å². The first kappa shape index (κ1) is 19.8. The van der Waals surface area contributed by atoms with Gasteiger partial charge in [-0.1, -0.05) is 19.8 Å². The largest absolute Gasteiger partial charge is 0.507 e. The Hall–Kier alpha value is -2.48. The lowest BCUT2D eigenvalue weighted by Gasteiger charge is -2.15. The van der Waals surface area contributed by atoms with Crippen LogP contribution >= 0.6 is 0 Å². The van der Waals surface area contributed by atoms with Crippen LogP contribution in [0.25, 0.3) is 11.3 Å². The number of unbranched alkanes of at least 4 members (excludes halogenated alkanes) is 2. The molecule has 1 aromatic heterocycles. The second kappa shape index (κ2) is 8.75. The average Bonchev–Trinajstić information content (AvgIpc) is 3.04. The molecule has 0 aliphatic heterocycles. The molecule has 140 valence electrons. The summed E-state index contributed by atoms with van der Waals surface area (Å²) in [5.74, 6) is 0.949. The van der Waals surface area contributed by atoms with Crippen molar-refractivity contribution in [2.45, 2.75) is 52.9 Å². The highest BCUT2D eigenvalue weighted by molar-refractivity contribution is 5.70. The lowest BCUT2D eigenvalue weighted by Crippen LogP contribution is -2.07. The molecule has 0 saturated carbocycles. The Bertz CT molecular complexity index is 772. The molecule has 0 spiro atoms. The quantitative estimate of drug-likeness (QED) is 0.653. The summed E-state index contributed by atoms with van der Waals surface area (Å²) < 4.78 is 7.67. The number of benzene rings is 1. The van der Waals surface area contributed by atoms with Crippen molar-refractivity contribution in [3.05, 3.63) is 30.0 Å². The zero-order valence-corrected chi connectivity index (χ0v) is 16.2. The van der Waals surface area contributed by atoms with Crippen LogP contribution in [0.15, 0.2) is 24.4 Å². The Morgan fingerprint density at radius 3 is 2.65 bits per heavy atom. The van der Waals surface area contributed by atoms with Crippen molar-refractivity contribution in [3.8, 4) is 28.8 Å². The van der Waals surface area contributed by atoms with E-state index >= 15 is 0 Å². The van der Waals surface area contributed by atoms with Gasteiger partial charge >= 0.3 is 0 Å². The number of aryl methyl sites for hydroxylation is 2. The lowest BCUT2D eigenvalue weighted by atomic mass is 9.89. The number of phenolic OH excluding ortho intramolecular Hbond substituents is 1. The van der Waals surface area contributed by atoms with Gasteiger partial charge in [0, 0.05) is 24.9 Å². The minimum Gasteiger partial charge on any atom is -0.507 e. The highest BCUT2D eigenvalue weighted by Crippen LogP contribution is 2.35. The molecule has 26 heavy (non-hydrogen) atoms. The fourth-order valence-electron chi connectivity index (χ4n) is 2.95. The van der Waals surface area contributed by atoms with Gasteiger partial charge in [-0.25, -0.2) is 0 Å². The van der Waals surface area contributed by atoms with Crippen molar-refractivity contribution < 1.29 is 9.84 Å². The van der Waals surface area contributed by atoms with E-state index in [-0.39, 0.29) is 11.2 Å². The summed E-state index contributed by atoms with van der Waals surface area (Å²) in [5, 5.41) is 23.6. The topological polar surface area (TPSA) is 71.1 Å². The minimum absolute atomic E-state index is 0.205. The molecule has 0 bridgehead atoms. The minimum atomic E-state index is -0.246. The van der Waals surface area contributed by atoms with Crippen LogP contribution < -0.4 is 4.74 Å². The van der Waals surface area contributed by atoms with E-state index in [1.807, 2.05) is 33.0 Å². The molecule has 0 amide bonds. The van der Waals surface area contributed by atoms with Gasteiger partial charge in [0.15, 0.2) is 0 Å². The second-order valence-electron chi connectivity index (χ2n) is 7.33. The van der Waals surface area contributed by atoms with Crippen LogP contribution in [0.2, 0.25) is 0 Å². The van der Waals surface area contributed by atoms with Crippen LogP contribution in [0.5, 0.6) is 11.5 Å². The third kappa shape index (κ3) is 5.01. The Balaban J connectivity index is 1.95. The maximum Gasteiger partial charge on any atom is 0.128 e. The van der Waals surface area contributed by atoms with Crippen molar-refractivity contribution in [3.63, 3.8) is 0 Å². The predicted octanol–water partition coefficient (Wildman–Crippen LogP) is 4.84. The molecule has 1 heterocycles. The number of nitrogens with zero attached hydrogens (tertiary/aromatic N) is 3. The number of nitriles is 1. The number of rotatable bonds is 9. The predicted molar refractivity (Wildman–Crippen MR) is 103 cm³/mol. The molecule has 0 aliphatic carbocycles. The molecule has 0 aliphatic rings. The van der Waals surface area contributed by atoms with E-state index < -0.39 is 0 Å². The van der Waals surface area contributed by atoms with E-state index in [2.05, 4.69) is 18.1 Å². The van der Waals surface area contributed by atoms with Gasteiger partial charge in [0.05, 0.1) is 23.8 Å². The molecule has 2 rings (SSSR count). The van der Waals surface area contributed by atoms with Crippen molar-refractivity contribution >= 4 is 0 Å². The highest BCUT2D eigenvalue weighted by atomic mass is 16.5. The van der Waals surface area contributed by atoms with Crippen molar-refractivity contribution in [1.29, 1.82) is 5.26 Å². The lowest BCUT2D eigenvalue weighted by molar-refractivity contribution is 0.296. The van der Waals surface area contributed by atoms with Crippen molar-refractivity contribution in [2.75, 3.05) is 6.61 Å². The number of hydrogen-bond donors (Lipinski definition) is 1. The Morgan fingerprint density at radius 2 is 2.04 bits per heavy atom. The Kier molecular flexibility index (Phi) is 6.68. The summed E-state index contributed by atoms with van der Waals surface area (Å²) in [6.45, 7) is 6.65. The fraction of sp³-hybridized carbons (Fsp3) is 0.524. The molecule has 0 atom stereocenters. The van der Waals surface area contributed by atoms with E-state index in [0.717, 1.165) is 54.7 Å². The summed E-state index contributed by atoms with van der Waals surface area (Å²) in [5.41, 5.74) is 2.48. The summed E-state index contributed by atoms with van der Waals surface area (Å²) in [6, 6.07) is 7.91. The Labute approximate surface area is 156 Å². The normalized spacial score (nSPS) is 11.3. The van der Waals surface area contributed by atoms with Crippen LogP contribution in [0, 0.1) is 16.7 Å². The average molecular weight is 355 g/mol. The van der Waals surface area contributed by atoms with Gasteiger partial charge in [-0.05, 0) is 50.8 Å². The summed E-state index contributed by atoms with van der Waals surface area (Å²) in [7, 11) is 1.86. The molecule has 1 N–H and O–H groups in total. The molecule has 0 unspecified atom stereocenters. The van der Waals surface area contributed by atoms with Gasteiger partial charge in [0.25, 0.3) is 0 Å². The van der Waals surface area contributed by atoms with Crippen molar-refractivity contribution in [2.24, 2.45) is 12.5 Å². The van der Waals surface area contributed by atoms with E-state index in [9.17, 15) is 5.11 Å². The van der Waals surface area contributed by atoms with Crippen molar-refractivity contribution in [1.82, 2.24) is 9.78 Å². The molecule has 0 radical (unpaired) electrons. The van der Waals surface area contributed by atoms with Gasteiger partial charge in [0.2, 0.25) is 0 Å². The standard InChI is InChI=1S/C21H29N3O2/c1-5-16-13-17(18-9-11-23-24(18)4)19(25)14-20(16)26-12-8-6-7-10-21(2,3)15-22/h9,11,13-14,25H,5-8,10,12H2,1-4H3. The first-order valence-electron chi connectivity index (χ1n) is 9.26. The van der Waals surface area contributed by atoms with Gasteiger partial charge in [-0.3, -0.25) is 4.68 Å². The molecular formula is C21H29N3O2. The van der Waals surface area contributed by atoms with Crippen LogP contribution in [-0.2, 0) is 13.5 Å². The molecule has 0 saturated heterocycles. The smallest absolute Gasteiger partial charge is 0.128 e.